The first-order valence-electron chi connectivity index (χ1n) is 14.5. The third-order valence-corrected chi connectivity index (χ3v) is 9.19. The maximum absolute atomic E-state index is 14.9. The van der Waals surface area contributed by atoms with Crippen LogP contribution in [0.2, 0.25) is 0 Å². The Bertz CT molecular complexity index is 1320. The van der Waals surface area contributed by atoms with Crippen molar-refractivity contribution in [3.63, 3.8) is 0 Å². The first kappa shape index (κ1) is 29.0. The van der Waals surface area contributed by atoms with Gasteiger partial charge in [-0.05, 0) is 63.6 Å². The Morgan fingerprint density at radius 1 is 1.17 bits per heavy atom. The average molecular weight is 561 g/mol. The molecule has 218 valence electrons. The first-order valence-corrected chi connectivity index (χ1v) is 14.5. The zero-order valence-electron chi connectivity index (χ0n) is 24.3. The average Bonchev–Trinajstić information content (AvgIpc) is 3.52. The number of hydrogen-bond acceptors (Lipinski definition) is 6. The normalized spacial score (nSPS) is 28.9. The Labute approximate surface area is 241 Å². The molecule has 6 atom stereocenters. The van der Waals surface area contributed by atoms with E-state index < -0.39 is 41.1 Å². The van der Waals surface area contributed by atoms with Gasteiger partial charge >= 0.3 is 5.97 Å². The monoisotopic (exact) mass is 560 g/mol. The van der Waals surface area contributed by atoms with E-state index in [4.69, 9.17) is 9.47 Å². The molecule has 0 aliphatic carbocycles. The minimum atomic E-state index is -1.22. The second-order valence-electron chi connectivity index (χ2n) is 11.7. The molecule has 0 radical (unpaired) electrons. The highest BCUT2D eigenvalue weighted by atomic mass is 16.6. The van der Waals surface area contributed by atoms with Crippen molar-refractivity contribution >= 4 is 23.5 Å². The van der Waals surface area contributed by atoms with Crippen LogP contribution in [0, 0.1) is 25.7 Å². The molecule has 0 aromatic heterocycles. The lowest BCUT2D eigenvalue weighted by Crippen LogP contribution is -2.59. The van der Waals surface area contributed by atoms with Crippen molar-refractivity contribution in [3.05, 3.63) is 77.9 Å². The predicted molar refractivity (Wildman–Crippen MR) is 155 cm³/mol. The lowest BCUT2D eigenvalue weighted by Gasteiger charge is -2.40. The number of esters is 1. The fourth-order valence-corrected chi connectivity index (χ4v) is 7.56. The predicted octanol–water partition coefficient (Wildman–Crippen LogP) is 3.75. The second-order valence-corrected chi connectivity index (χ2v) is 11.7. The third kappa shape index (κ3) is 4.57. The molecule has 8 heteroatoms. The number of rotatable bonds is 10. The van der Waals surface area contributed by atoms with Crippen LogP contribution in [0.1, 0.15) is 43.4 Å². The summed E-state index contributed by atoms with van der Waals surface area (Å²) >= 11 is 0. The zero-order chi connectivity index (χ0) is 29.5. The van der Waals surface area contributed by atoms with E-state index in [9.17, 15) is 19.5 Å². The van der Waals surface area contributed by atoms with Crippen LogP contribution in [0.3, 0.4) is 0 Å². The van der Waals surface area contributed by atoms with Gasteiger partial charge in [-0.25, -0.2) is 0 Å². The fraction of sp³-hybridized carbons (Fsp3) is 0.485. The van der Waals surface area contributed by atoms with Crippen molar-refractivity contribution in [2.24, 2.45) is 11.8 Å². The highest BCUT2D eigenvalue weighted by Gasteiger charge is 2.79. The van der Waals surface area contributed by atoms with E-state index in [0.29, 0.717) is 19.3 Å². The molecule has 1 spiro atoms. The van der Waals surface area contributed by atoms with Gasteiger partial charge in [-0.3, -0.25) is 14.4 Å². The van der Waals surface area contributed by atoms with Crippen molar-refractivity contribution in [1.29, 1.82) is 0 Å². The minimum absolute atomic E-state index is 0.179. The van der Waals surface area contributed by atoms with Crippen molar-refractivity contribution < 1.29 is 29.0 Å². The number of likely N-dealkylation sites (tertiary alicyclic amines) is 1. The highest BCUT2D eigenvalue weighted by molar-refractivity contribution is 6.05. The number of aliphatic hydroxyl groups excluding tert-OH is 1. The molecule has 2 bridgehead atoms. The fourth-order valence-electron chi connectivity index (χ4n) is 7.56. The molecule has 3 heterocycles. The second kappa shape index (κ2) is 11.1. The van der Waals surface area contributed by atoms with Crippen molar-refractivity contribution in [2.75, 3.05) is 24.7 Å². The zero-order valence-corrected chi connectivity index (χ0v) is 24.3. The summed E-state index contributed by atoms with van der Waals surface area (Å²) in [5, 5.41) is 10.7. The summed E-state index contributed by atoms with van der Waals surface area (Å²) in [5.74, 6) is -2.86. The Balaban J connectivity index is 1.66. The topological polar surface area (TPSA) is 96.4 Å². The summed E-state index contributed by atoms with van der Waals surface area (Å²) in [4.78, 5) is 46.0. The van der Waals surface area contributed by atoms with Gasteiger partial charge in [0.05, 0.1) is 30.8 Å². The quantitative estimate of drug-likeness (QED) is 0.351. The molecule has 0 saturated carbocycles. The Morgan fingerprint density at radius 3 is 2.46 bits per heavy atom. The van der Waals surface area contributed by atoms with Gasteiger partial charge in [0.1, 0.15) is 17.6 Å². The number of carbonyl (C=O) groups is 3. The van der Waals surface area contributed by atoms with Gasteiger partial charge < -0.3 is 24.4 Å². The van der Waals surface area contributed by atoms with Crippen LogP contribution in [0.15, 0.2) is 61.2 Å². The van der Waals surface area contributed by atoms with Gasteiger partial charge in [0.25, 0.3) is 5.91 Å². The van der Waals surface area contributed by atoms with E-state index in [1.807, 2.05) is 69.3 Å². The molecular weight excluding hydrogens is 520 g/mol. The van der Waals surface area contributed by atoms with Crippen LogP contribution >= 0.6 is 0 Å². The smallest absolute Gasteiger partial charge is 0.312 e. The van der Waals surface area contributed by atoms with E-state index in [0.717, 1.165) is 22.4 Å². The summed E-state index contributed by atoms with van der Waals surface area (Å²) in [6, 6.07) is 13.7. The standard InChI is InChI=1S/C33H40N2O6/c1-6-18-34(27-21(3)12-11-13-22(27)4)30(38)28-33-17-16-32(5,41-33)26(31(39)40-7-2)25(33)29(37)35(28)24(20-36)19-23-14-9-8-10-15-23/h6,8-15,24-26,28,36H,1,7,16-20H2,2-5H3/t24-,25+,26-,28?,32+,33?/m1/s1. The van der Waals surface area contributed by atoms with Crippen LogP contribution in [0.4, 0.5) is 5.69 Å². The van der Waals surface area contributed by atoms with Crippen molar-refractivity contribution in [3.8, 4) is 0 Å². The van der Waals surface area contributed by atoms with Gasteiger partial charge in [0.15, 0.2) is 0 Å². The first-order chi connectivity index (χ1) is 19.6. The molecule has 3 fully saturated rings. The summed E-state index contributed by atoms with van der Waals surface area (Å²) in [5.41, 5.74) is 1.38. The largest absolute Gasteiger partial charge is 0.466 e. The summed E-state index contributed by atoms with van der Waals surface area (Å²) in [6.45, 7) is 11.4. The molecule has 5 rings (SSSR count). The van der Waals surface area contributed by atoms with E-state index >= 15 is 0 Å². The molecular formula is C33H40N2O6. The van der Waals surface area contributed by atoms with Crippen LogP contribution in [0.5, 0.6) is 0 Å². The lowest BCUT2D eigenvalue weighted by atomic mass is 9.66. The van der Waals surface area contributed by atoms with Crippen molar-refractivity contribution in [1.82, 2.24) is 4.90 Å². The number of benzene rings is 2. The minimum Gasteiger partial charge on any atom is -0.466 e. The van der Waals surface area contributed by atoms with Crippen LogP contribution < -0.4 is 4.90 Å². The Kier molecular flexibility index (Phi) is 7.83. The number of anilines is 1. The Morgan fingerprint density at radius 2 is 1.85 bits per heavy atom. The molecule has 41 heavy (non-hydrogen) atoms. The molecule has 1 N–H and O–H groups in total. The summed E-state index contributed by atoms with van der Waals surface area (Å²) in [6.07, 6.45) is 2.98. The van der Waals surface area contributed by atoms with Gasteiger partial charge in [-0.15, -0.1) is 6.58 Å². The number of carbonyl (C=O) groups excluding carboxylic acids is 3. The van der Waals surface area contributed by atoms with Gasteiger partial charge in [0.2, 0.25) is 5.91 Å². The highest BCUT2D eigenvalue weighted by Crippen LogP contribution is 2.64. The number of amides is 2. The number of ether oxygens (including phenoxy) is 2. The lowest BCUT2D eigenvalue weighted by molar-refractivity contribution is -0.160. The summed E-state index contributed by atoms with van der Waals surface area (Å²) in [7, 11) is 0. The van der Waals surface area contributed by atoms with E-state index in [2.05, 4.69) is 6.58 Å². The van der Waals surface area contributed by atoms with E-state index in [1.165, 1.54) is 4.90 Å². The molecule has 2 amide bonds. The molecule has 2 aromatic carbocycles. The van der Waals surface area contributed by atoms with Gasteiger partial charge in [0, 0.05) is 12.2 Å². The van der Waals surface area contributed by atoms with Gasteiger partial charge in [-0.2, -0.15) is 0 Å². The SMILES string of the molecule is C=CCN(C(=O)C1N([C@@H](CO)Cc2ccccc2)C(=O)[C@@H]2[C@H](C(=O)OCC)[C@]3(C)CCC12O3)c1c(C)cccc1C. The number of hydrogen-bond donors (Lipinski definition) is 1. The maximum atomic E-state index is 14.9. The van der Waals surface area contributed by atoms with E-state index in [1.54, 1.807) is 17.9 Å². The van der Waals surface area contributed by atoms with Crippen LogP contribution in [0.25, 0.3) is 0 Å². The number of fused-ring (bicyclic) bond motifs is 1. The summed E-state index contributed by atoms with van der Waals surface area (Å²) < 4.78 is 12.2. The molecule has 2 aromatic rings. The van der Waals surface area contributed by atoms with Crippen LogP contribution in [-0.4, -0.2) is 70.8 Å². The van der Waals surface area contributed by atoms with Crippen LogP contribution in [-0.2, 0) is 30.3 Å². The maximum Gasteiger partial charge on any atom is 0.312 e. The third-order valence-electron chi connectivity index (χ3n) is 9.19. The number of aliphatic hydroxyl groups is 1. The van der Waals surface area contributed by atoms with E-state index in [-0.39, 0.29) is 31.6 Å². The molecule has 3 aliphatic heterocycles. The number of nitrogens with zero attached hydrogens (tertiary/aromatic N) is 2. The molecule has 3 saturated heterocycles. The van der Waals surface area contributed by atoms with Crippen molar-refractivity contribution in [2.45, 2.75) is 70.2 Å². The van der Waals surface area contributed by atoms with Gasteiger partial charge in [-0.1, -0.05) is 54.6 Å². The molecule has 3 aliphatic rings. The number of para-hydroxylation sites is 1. The number of aryl methyl sites for hydroxylation is 2. The molecule has 8 nitrogen and oxygen atoms in total. The molecule has 2 unspecified atom stereocenters. The Hall–Kier alpha value is -3.49.